The molecule has 2 aliphatic rings. The molecule has 0 aromatic heterocycles. The highest BCUT2D eigenvalue weighted by Crippen LogP contribution is 2.26. The summed E-state index contributed by atoms with van der Waals surface area (Å²) in [7, 11) is 0. The Hall–Kier alpha value is -1.81. The Balaban J connectivity index is 1.75. The second-order valence-corrected chi connectivity index (χ2v) is 4.39. The van der Waals surface area contributed by atoms with Gasteiger partial charge in [-0.1, -0.05) is 18.2 Å². The van der Waals surface area contributed by atoms with Crippen molar-refractivity contribution < 1.29 is 19.0 Å². The lowest BCUT2D eigenvalue weighted by Gasteiger charge is -2.08. The maximum atomic E-state index is 11.0. The van der Waals surface area contributed by atoms with Crippen molar-refractivity contribution in [3.05, 3.63) is 35.6 Å². The van der Waals surface area contributed by atoms with Crippen molar-refractivity contribution in [2.24, 2.45) is 0 Å². The SMILES string of the molecule is O=C1CCC(=Cc2ccccc2OC[C@@H]2CO2)O1. The van der Waals surface area contributed by atoms with E-state index in [0.717, 1.165) is 17.9 Å². The molecular formula is C14H14O4. The van der Waals surface area contributed by atoms with Gasteiger partial charge in [-0.15, -0.1) is 0 Å². The van der Waals surface area contributed by atoms with Crippen LogP contribution in [0.4, 0.5) is 0 Å². The van der Waals surface area contributed by atoms with E-state index in [0.29, 0.717) is 25.2 Å². The number of cyclic esters (lactones) is 1. The number of hydrogen-bond acceptors (Lipinski definition) is 4. The lowest BCUT2D eigenvalue weighted by Crippen LogP contribution is -2.04. The molecule has 3 rings (SSSR count). The molecular weight excluding hydrogens is 232 g/mol. The normalized spacial score (nSPS) is 24.1. The van der Waals surface area contributed by atoms with Crippen LogP contribution in [0.25, 0.3) is 6.08 Å². The topological polar surface area (TPSA) is 48.1 Å². The Morgan fingerprint density at radius 2 is 2.17 bits per heavy atom. The van der Waals surface area contributed by atoms with Crippen LogP contribution < -0.4 is 4.74 Å². The van der Waals surface area contributed by atoms with Crippen LogP contribution in [0.1, 0.15) is 18.4 Å². The number of benzene rings is 1. The molecule has 0 radical (unpaired) electrons. The standard InChI is InChI=1S/C14H14O4/c15-14-6-5-11(18-14)7-10-3-1-2-4-13(10)17-9-12-8-16-12/h1-4,7,12H,5-6,8-9H2/t12-/m0/s1. The van der Waals surface area contributed by atoms with Gasteiger partial charge >= 0.3 is 5.97 Å². The van der Waals surface area contributed by atoms with Crippen LogP contribution in [0.3, 0.4) is 0 Å². The average molecular weight is 246 g/mol. The molecule has 2 aliphatic heterocycles. The lowest BCUT2D eigenvalue weighted by molar-refractivity contribution is -0.135. The molecule has 4 nitrogen and oxygen atoms in total. The summed E-state index contributed by atoms with van der Waals surface area (Å²) in [5.74, 6) is 1.34. The van der Waals surface area contributed by atoms with Crippen molar-refractivity contribution in [2.75, 3.05) is 13.2 Å². The summed E-state index contributed by atoms with van der Waals surface area (Å²) in [5.41, 5.74) is 0.933. The van der Waals surface area contributed by atoms with Crippen LogP contribution in [0.5, 0.6) is 5.75 Å². The molecule has 18 heavy (non-hydrogen) atoms. The average Bonchev–Trinajstić information content (AvgIpc) is 3.12. The van der Waals surface area contributed by atoms with E-state index in [9.17, 15) is 4.79 Å². The molecule has 1 aromatic rings. The third kappa shape index (κ3) is 2.71. The van der Waals surface area contributed by atoms with Gasteiger partial charge in [0.1, 0.15) is 24.2 Å². The zero-order valence-electron chi connectivity index (χ0n) is 9.93. The highest BCUT2D eigenvalue weighted by atomic mass is 16.6. The molecule has 2 heterocycles. The molecule has 0 unspecified atom stereocenters. The highest BCUT2D eigenvalue weighted by molar-refractivity contribution is 5.75. The maximum absolute atomic E-state index is 11.0. The molecule has 2 saturated heterocycles. The predicted molar refractivity (Wildman–Crippen MR) is 65.0 cm³/mol. The molecule has 0 spiro atoms. The second kappa shape index (κ2) is 4.82. The molecule has 0 aliphatic carbocycles. The quantitative estimate of drug-likeness (QED) is 0.603. The molecule has 0 amide bonds. The predicted octanol–water partition coefficient (Wildman–Crippen LogP) is 2.14. The highest BCUT2D eigenvalue weighted by Gasteiger charge is 2.23. The Kier molecular flexibility index (Phi) is 3.02. The number of hydrogen-bond donors (Lipinski definition) is 0. The van der Waals surface area contributed by atoms with Gasteiger partial charge in [-0.05, 0) is 12.1 Å². The van der Waals surface area contributed by atoms with Gasteiger partial charge in [-0.2, -0.15) is 0 Å². The number of esters is 1. The molecule has 0 N–H and O–H groups in total. The fourth-order valence-corrected chi connectivity index (χ4v) is 1.83. The first kappa shape index (κ1) is 11.3. The second-order valence-electron chi connectivity index (χ2n) is 4.39. The number of allylic oxidation sites excluding steroid dienone is 1. The summed E-state index contributed by atoms with van der Waals surface area (Å²) in [6.07, 6.45) is 3.23. The van der Waals surface area contributed by atoms with E-state index in [1.165, 1.54) is 0 Å². The van der Waals surface area contributed by atoms with Gasteiger partial charge in [0.2, 0.25) is 0 Å². The number of epoxide rings is 1. The summed E-state index contributed by atoms with van der Waals surface area (Å²) < 4.78 is 15.9. The molecule has 94 valence electrons. The van der Waals surface area contributed by atoms with Crippen molar-refractivity contribution in [1.29, 1.82) is 0 Å². The summed E-state index contributed by atoms with van der Waals surface area (Å²) in [6, 6.07) is 7.71. The summed E-state index contributed by atoms with van der Waals surface area (Å²) >= 11 is 0. The van der Waals surface area contributed by atoms with Crippen molar-refractivity contribution in [3.8, 4) is 5.75 Å². The van der Waals surface area contributed by atoms with Gasteiger partial charge in [0.15, 0.2) is 0 Å². The van der Waals surface area contributed by atoms with Crippen LogP contribution in [-0.2, 0) is 14.3 Å². The Morgan fingerprint density at radius 1 is 1.33 bits per heavy atom. The fraction of sp³-hybridized carbons (Fsp3) is 0.357. The summed E-state index contributed by atoms with van der Waals surface area (Å²) in [4.78, 5) is 11.0. The number of ether oxygens (including phenoxy) is 3. The smallest absolute Gasteiger partial charge is 0.311 e. The zero-order chi connectivity index (χ0) is 12.4. The van der Waals surface area contributed by atoms with Crippen molar-refractivity contribution in [3.63, 3.8) is 0 Å². The lowest BCUT2D eigenvalue weighted by atomic mass is 10.1. The number of carbonyl (C=O) groups excluding carboxylic acids is 1. The van der Waals surface area contributed by atoms with E-state index in [1.807, 2.05) is 30.3 Å². The van der Waals surface area contributed by atoms with Crippen LogP contribution in [0, 0.1) is 0 Å². The summed E-state index contributed by atoms with van der Waals surface area (Å²) in [6.45, 7) is 1.35. The van der Waals surface area contributed by atoms with E-state index < -0.39 is 0 Å². The first-order chi connectivity index (χ1) is 8.81. The van der Waals surface area contributed by atoms with Crippen LogP contribution >= 0.6 is 0 Å². The third-order valence-electron chi connectivity index (χ3n) is 2.88. The molecule has 1 atom stereocenters. The van der Waals surface area contributed by atoms with Crippen LogP contribution in [0.15, 0.2) is 30.0 Å². The molecule has 4 heteroatoms. The number of rotatable bonds is 4. The molecule has 2 fully saturated rings. The Morgan fingerprint density at radius 3 is 2.89 bits per heavy atom. The third-order valence-corrected chi connectivity index (χ3v) is 2.88. The van der Waals surface area contributed by atoms with Crippen LogP contribution in [-0.4, -0.2) is 25.3 Å². The number of carbonyl (C=O) groups is 1. The van der Waals surface area contributed by atoms with Gasteiger partial charge in [-0.25, -0.2) is 0 Å². The number of para-hydroxylation sites is 1. The van der Waals surface area contributed by atoms with Gasteiger partial charge in [-0.3, -0.25) is 4.79 Å². The van der Waals surface area contributed by atoms with E-state index in [-0.39, 0.29) is 12.1 Å². The summed E-state index contributed by atoms with van der Waals surface area (Å²) in [5, 5.41) is 0. The fourth-order valence-electron chi connectivity index (χ4n) is 1.83. The van der Waals surface area contributed by atoms with Crippen molar-refractivity contribution >= 4 is 12.0 Å². The van der Waals surface area contributed by atoms with E-state index in [2.05, 4.69) is 0 Å². The van der Waals surface area contributed by atoms with E-state index in [4.69, 9.17) is 14.2 Å². The first-order valence-electron chi connectivity index (χ1n) is 6.06. The molecule has 0 saturated carbocycles. The van der Waals surface area contributed by atoms with Crippen molar-refractivity contribution in [1.82, 2.24) is 0 Å². The molecule has 1 aromatic carbocycles. The van der Waals surface area contributed by atoms with Gasteiger partial charge in [0, 0.05) is 12.0 Å². The Bertz CT molecular complexity index is 488. The zero-order valence-corrected chi connectivity index (χ0v) is 9.93. The minimum Gasteiger partial charge on any atom is -0.490 e. The minimum absolute atomic E-state index is 0.161. The van der Waals surface area contributed by atoms with E-state index >= 15 is 0 Å². The van der Waals surface area contributed by atoms with E-state index in [1.54, 1.807) is 0 Å². The minimum atomic E-state index is -0.161. The van der Waals surface area contributed by atoms with Gasteiger partial charge in [0.25, 0.3) is 0 Å². The Labute approximate surface area is 105 Å². The van der Waals surface area contributed by atoms with Crippen molar-refractivity contribution in [2.45, 2.75) is 18.9 Å². The largest absolute Gasteiger partial charge is 0.490 e. The van der Waals surface area contributed by atoms with Gasteiger partial charge in [0.05, 0.1) is 13.0 Å². The van der Waals surface area contributed by atoms with Crippen LogP contribution in [0.2, 0.25) is 0 Å². The van der Waals surface area contributed by atoms with Gasteiger partial charge < -0.3 is 14.2 Å². The monoisotopic (exact) mass is 246 g/mol. The first-order valence-corrected chi connectivity index (χ1v) is 6.06. The maximum Gasteiger partial charge on any atom is 0.311 e. The molecule has 0 bridgehead atoms.